The van der Waals surface area contributed by atoms with E-state index in [0.717, 1.165) is 16.3 Å². The molecule has 5 rings (SSSR count). The van der Waals surface area contributed by atoms with Crippen molar-refractivity contribution in [1.82, 2.24) is 20.9 Å². The van der Waals surface area contributed by atoms with Crippen molar-refractivity contribution in [3.05, 3.63) is 120 Å². The van der Waals surface area contributed by atoms with E-state index in [1.54, 1.807) is 12.1 Å². The van der Waals surface area contributed by atoms with Gasteiger partial charge >= 0.3 is 0 Å². The zero-order chi connectivity index (χ0) is 32.3. The maximum absolute atomic E-state index is 14.0. The van der Waals surface area contributed by atoms with E-state index in [0.29, 0.717) is 56.6 Å². The number of fused-ring (bicyclic) bond motifs is 1. The van der Waals surface area contributed by atoms with Crippen molar-refractivity contribution in [1.29, 1.82) is 0 Å². The molecule has 0 aromatic heterocycles. The van der Waals surface area contributed by atoms with Crippen molar-refractivity contribution in [3.8, 4) is 0 Å². The van der Waals surface area contributed by atoms with Crippen LogP contribution in [0.15, 0.2) is 108 Å². The standard InChI is InChI=1S/C36H41N7O3/c37-36(38)39-20-9-16-31-35(46)43(24-32(26-11-3-1-4-12-26)42-34(45)27-13-5-2-6-14-27)21-19-30(41-31)23-40-33(44)29-18-17-25-10-7-8-15-28(25)22-29/h1-8,10-15,17-18,22,30-32,41H,9,16,19-21,23-24H2,(H,40,44)(H,42,45)(H4,37,38,39)/t30-,31-,32-/m0/s1. The van der Waals surface area contributed by atoms with Crippen LogP contribution < -0.4 is 27.4 Å². The highest BCUT2D eigenvalue weighted by molar-refractivity contribution is 5.98. The number of carbonyl (C=O) groups excluding carboxylic acids is 3. The summed E-state index contributed by atoms with van der Waals surface area (Å²) in [6.45, 7) is 1.50. The number of nitrogens with two attached hydrogens (primary N) is 2. The summed E-state index contributed by atoms with van der Waals surface area (Å²) < 4.78 is 0. The van der Waals surface area contributed by atoms with Crippen molar-refractivity contribution in [2.45, 2.75) is 37.4 Å². The number of hydrogen-bond acceptors (Lipinski definition) is 5. The molecule has 0 radical (unpaired) electrons. The third-order valence-corrected chi connectivity index (χ3v) is 8.21. The third-order valence-electron chi connectivity index (χ3n) is 8.21. The molecule has 7 N–H and O–H groups in total. The minimum Gasteiger partial charge on any atom is -0.370 e. The second-order valence-corrected chi connectivity index (χ2v) is 11.5. The van der Waals surface area contributed by atoms with Crippen LogP contribution in [0.1, 0.15) is 51.6 Å². The number of guanidine groups is 1. The molecular weight excluding hydrogens is 578 g/mol. The average Bonchev–Trinajstić information content (AvgIpc) is 3.23. The maximum atomic E-state index is 14.0. The maximum Gasteiger partial charge on any atom is 0.251 e. The molecule has 3 atom stereocenters. The Labute approximate surface area is 269 Å². The van der Waals surface area contributed by atoms with E-state index in [4.69, 9.17) is 11.5 Å². The normalized spacial score (nSPS) is 17.1. The number of benzene rings is 4. The summed E-state index contributed by atoms with van der Waals surface area (Å²) in [5.41, 5.74) is 13.1. The van der Waals surface area contributed by atoms with Crippen molar-refractivity contribution in [3.63, 3.8) is 0 Å². The molecule has 4 aromatic rings. The molecule has 0 spiro atoms. The Hall–Kier alpha value is -5.22. The fraction of sp³-hybridized carbons (Fsp3) is 0.278. The highest BCUT2D eigenvalue weighted by Gasteiger charge is 2.32. The molecule has 1 aliphatic rings. The summed E-state index contributed by atoms with van der Waals surface area (Å²) >= 11 is 0. The van der Waals surface area contributed by atoms with Crippen molar-refractivity contribution < 1.29 is 14.4 Å². The first-order valence-corrected chi connectivity index (χ1v) is 15.7. The molecule has 10 nitrogen and oxygen atoms in total. The molecule has 1 heterocycles. The van der Waals surface area contributed by atoms with Crippen LogP contribution in [0.4, 0.5) is 0 Å². The summed E-state index contributed by atoms with van der Waals surface area (Å²) in [4.78, 5) is 46.2. The molecule has 0 aliphatic carbocycles. The Kier molecular flexibility index (Phi) is 11.0. The van der Waals surface area contributed by atoms with Gasteiger partial charge in [0.2, 0.25) is 5.91 Å². The lowest BCUT2D eigenvalue weighted by Gasteiger charge is -2.29. The molecule has 3 amide bonds. The molecular formula is C36H41N7O3. The molecule has 1 saturated heterocycles. The van der Waals surface area contributed by atoms with Crippen LogP contribution in [0.25, 0.3) is 10.8 Å². The molecule has 0 unspecified atom stereocenters. The SMILES string of the molecule is NC(N)=NCCC[C@@H]1N[C@H](CNC(=O)c2ccc3ccccc3c2)CCN(C[C@H](NC(=O)c2ccccc2)c2ccccc2)C1=O. The number of rotatable bonds is 12. The molecule has 1 aliphatic heterocycles. The lowest BCUT2D eigenvalue weighted by Crippen LogP contribution is -2.50. The zero-order valence-electron chi connectivity index (χ0n) is 25.8. The van der Waals surface area contributed by atoms with Crippen LogP contribution in [-0.4, -0.2) is 66.8 Å². The Morgan fingerprint density at radius 1 is 0.870 bits per heavy atom. The quantitative estimate of drug-likeness (QED) is 0.0931. The highest BCUT2D eigenvalue weighted by Crippen LogP contribution is 2.20. The van der Waals surface area contributed by atoms with Crippen LogP contribution in [-0.2, 0) is 4.79 Å². The smallest absolute Gasteiger partial charge is 0.251 e. The predicted molar refractivity (Wildman–Crippen MR) is 181 cm³/mol. The van der Waals surface area contributed by atoms with Gasteiger partial charge in [0.25, 0.3) is 11.8 Å². The minimum absolute atomic E-state index is 0.0101. The predicted octanol–water partition coefficient (Wildman–Crippen LogP) is 3.35. The molecule has 10 heteroatoms. The van der Waals surface area contributed by atoms with E-state index < -0.39 is 12.1 Å². The lowest BCUT2D eigenvalue weighted by molar-refractivity contribution is -0.133. The highest BCUT2D eigenvalue weighted by atomic mass is 16.2. The van der Waals surface area contributed by atoms with Gasteiger partial charge in [-0.05, 0) is 59.9 Å². The van der Waals surface area contributed by atoms with E-state index in [-0.39, 0.29) is 29.7 Å². The van der Waals surface area contributed by atoms with Crippen molar-refractivity contribution >= 4 is 34.5 Å². The first-order valence-electron chi connectivity index (χ1n) is 15.7. The topological polar surface area (TPSA) is 155 Å². The summed E-state index contributed by atoms with van der Waals surface area (Å²) in [6, 6.07) is 31.2. The minimum atomic E-state index is -0.513. The van der Waals surface area contributed by atoms with Gasteiger partial charge in [-0.25, -0.2) is 0 Å². The van der Waals surface area contributed by atoms with Crippen LogP contribution >= 0.6 is 0 Å². The first kappa shape index (κ1) is 32.2. The van der Waals surface area contributed by atoms with Gasteiger partial charge in [0.05, 0.1) is 12.1 Å². The van der Waals surface area contributed by atoms with Gasteiger partial charge in [-0.15, -0.1) is 0 Å². The summed E-state index contributed by atoms with van der Waals surface area (Å²) in [6.07, 6.45) is 1.72. The lowest BCUT2D eigenvalue weighted by atomic mass is 10.0. The summed E-state index contributed by atoms with van der Waals surface area (Å²) in [5.74, 6) is -0.436. The average molecular weight is 620 g/mol. The van der Waals surface area contributed by atoms with Gasteiger partial charge < -0.3 is 32.3 Å². The Bertz CT molecular complexity index is 1660. The fourth-order valence-corrected chi connectivity index (χ4v) is 5.75. The molecule has 238 valence electrons. The monoisotopic (exact) mass is 619 g/mol. The van der Waals surface area contributed by atoms with E-state index in [2.05, 4.69) is 20.9 Å². The van der Waals surface area contributed by atoms with Crippen LogP contribution in [0, 0.1) is 0 Å². The van der Waals surface area contributed by atoms with Gasteiger partial charge in [-0.2, -0.15) is 0 Å². The number of aliphatic imine (C=N–C) groups is 1. The van der Waals surface area contributed by atoms with Gasteiger partial charge in [0.1, 0.15) is 0 Å². The third kappa shape index (κ3) is 8.70. The van der Waals surface area contributed by atoms with Crippen LogP contribution in [0.3, 0.4) is 0 Å². The number of carbonyl (C=O) groups is 3. The van der Waals surface area contributed by atoms with Gasteiger partial charge in [-0.3, -0.25) is 19.4 Å². The second kappa shape index (κ2) is 15.7. The van der Waals surface area contributed by atoms with Crippen molar-refractivity contribution in [2.24, 2.45) is 16.5 Å². The van der Waals surface area contributed by atoms with Gasteiger partial charge in [0.15, 0.2) is 5.96 Å². The number of nitrogens with one attached hydrogen (secondary N) is 3. The molecule has 46 heavy (non-hydrogen) atoms. The number of amides is 3. The van der Waals surface area contributed by atoms with Crippen molar-refractivity contribution in [2.75, 3.05) is 26.2 Å². The van der Waals surface area contributed by atoms with Gasteiger partial charge in [-0.1, -0.05) is 78.9 Å². The van der Waals surface area contributed by atoms with E-state index >= 15 is 0 Å². The first-order chi connectivity index (χ1) is 22.4. The van der Waals surface area contributed by atoms with Crippen LogP contribution in [0.5, 0.6) is 0 Å². The van der Waals surface area contributed by atoms with E-state index in [9.17, 15) is 14.4 Å². The molecule has 1 fully saturated rings. The Morgan fingerprint density at radius 2 is 1.57 bits per heavy atom. The fourth-order valence-electron chi connectivity index (χ4n) is 5.75. The molecule has 0 saturated carbocycles. The number of hydrogen-bond donors (Lipinski definition) is 5. The summed E-state index contributed by atoms with van der Waals surface area (Å²) in [5, 5.41) is 11.8. The van der Waals surface area contributed by atoms with E-state index in [1.165, 1.54) is 0 Å². The zero-order valence-corrected chi connectivity index (χ0v) is 25.8. The van der Waals surface area contributed by atoms with E-state index in [1.807, 2.05) is 95.9 Å². The largest absolute Gasteiger partial charge is 0.370 e. The van der Waals surface area contributed by atoms with Crippen LogP contribution in [0.2, 0.25) is 0 Å². The van der Waals surface area contributed by atoms with Gasteiger partial charge in [0, 0.05) is 43.3 Å². The number of nitrogens with zero attached hydrogens (tertiary/aromatic N) is 2. The Morgan fingerprint density at radius 3 is 2.30 bits per heavy atom. The second-order valence-electron chi connectivity index (χ2n) is 11.5. The molecule has 0 bridgehead atoms. The summed E-state index contributed by atoms with van der Waals surface area (Å²) in [7, 11) is 0. The molecule has 4 aromatic carbocycles. The Balaban J connectivity index is 1.30.